The van der Waals surface area contributed by atoms with Crippen LogP contribution in [0.5, 0.6) is 5.75 Å². The first-order valence-electron chi connectivity index (χ1n) is 11.1. The molecule has 2 N–H and O–H groups in total. The summed E-state index contributed by atoms with van der Waals surface area (Å²) >= 11 is 0. The minimum atomic E-state index is 0.293. The number of benzene rings is 1. The Kier molecular flexibility index (Phi) is 10.1. The number of guanidine groups is 1. The molecule has 1 aliphatic rings. The first kappa shape index (κ1) is 23.3. The maximum absolute atomic E-state index is 5.84. The van der Waals surface area contributed by atoms with E-state index in [1.165, 1.54) is 12.1 Å². The summed E-state index contributed by atoms with van der Waals surface area (Å²) in [5.74, 6) is 2.92. The van der Waals surface area contributed by atoms with Gasteiger partial charge in [0.1, 0.15) is 5.75 Å². The molecule has 1 saturated heterocycles. The lowest BCUT2D eigenvalue weighted by Crippen LogP contribution is -2.39. The van der Waals surface area contributed by atoms with E-state index in [2.05, 4.69) is 61.4 Å². The lowest BCUT2D eigenvalue weighted by molar-refractivity contribution is 0.0258. The molecule has 0 aromatic heterocycles. The molecule has 2 unspecified atom stereocenters. The van der Waals surface area contributed by atoms with Gasteiger partial charge in [0.15, 0.2) is 5.96 Å². The number of nitrogens with one attached hydrogen (secondary N) is 2. The number of rotatable bonds is 11. The number of methoxy groups -OCH3 is 1. The number of ether oxygens (including phenoxy) is 2. The topological polar surface area (TPSA) is 58.1 Å². The molecule has 0 spiro atoms. The largest absolute Gasteiger partial charge is 0.497 e. The Morgan fingerprint density at radius 3 is 2.79 bits per heavy atom. The average Bonchev–Trinajstić information content (AvgIpc) is 3.20. The molecule has 1 aliphatic heterocycles. The van der Waals surface area contributed by atoms with Crippen LogP contribution in [0, 0.1) is 11.8 Å². The third kappa shape index (κ3) is 7.77. The summed E-state index contributed by atoms with van der Waals surface area (Å²) < 4.78 is 11.2. The van der Waals surface area contributed by atoms with Crippen LogP contribution in [0.3, 0.4) is 0 Å². The lowest BCUT2D eigenvalue weighted by atomic mass is 10.0. The molecule has 2 rings (SSSR count). The standard InChI is InChI=1S/C23H40N4O2/c1-6-24-23(25-13-11-22(18(3)4)29-7-2)26-16-19-12-14-27(17-19)20-9-8-10-21(15-20)28-5/h8-10,15,18-19,22H,6-7,11-14,16-17H2,1-5H3,(H2,24,25,26). The van der Waals surface area contributed by atoms with Crippen molar-refractivity contribution in [1.82, 2.24) is 10.6 Å². The molecule has 0 aliphatic carbocycles. The highest BCUT2D eigenvalue weighted by molar-refractivity contribution is 5.79. The van der Waals surface area contributed by atoms with Crippen LogP contribution in [0.1, 0.15) is 40.5 Å². The molecule has 6 nitrogen and oxygen atoms in total. The van der Waals surface area contributed by atoms with Crippen LogP contribution in [-0.4, -0.2) is 58.5 Å². The highest BCUT2D eigenvalue weighted by Crippen LogP contribution is 2.27. The number of aliphatic imine (C=N–C) groups is 1. The van der Waals surface area contributed by atoms with Gasteiger partial charge in [-0.05, 0) is 50.7 Å². The summed E-state index contributed by atoms with van der Waals surface area (Å²) in [5.41, 5.74) is 1.23. The zero-order valence-electron chi connectivity index (χ0n) is 18.9. The van der Waals surface area contributed by atoms with E-state index in [1.807, 2.05) is 6.07 Å². The maximum Gasteiger partial charge on any atom is 0.191 e. The van der Waals surface area contributed by atoms with Crippen molar-refractivity contribution in [1.29, 1.82) is 0 Å². The van der Waals surface area contributed by atoms with Gasteiger partial charge in [-0.15, -0.1) is 0 Å². The van der Waals surface area contributed by atoms with Gasteiger partial charge in [0.25, 0.3) is 0 Å². The van der Waals surface area contributed by atoms with Crippen LogP contribution in [0.2, 0.25) is 0 Å². The number of nitrogens with zero attached hydrogens (tertiary/aromatic N) is 2. The van der Waals surface area contributed by atoms with Crippen LogP contribution in [0.25, 0.3) is 0 Å². The Bertz CT molecular complexity index is 621. The van der Waals surface area contributed by atoms with Gasteiger partial charge in [-0.3, -0.25) is 4.99 Å². The van der Waals surface area contributed by atoms with E-state index in [1.54, 1.807) is 7.11 Å². The zero-order chi connectivity index (χ0) is 21.1. The molecule has 0 bridgehead atoms. The molecule has 1 aromatic rings. The molecular formula is C23H40N4O2. The summed E-state index contributed by atoms with van der Waals surface area (Å²) in [5, 5.41) is 6.84. The molecule has 1 heterocycles. The van der Waals surface area contributed by atoms with E-state index in [4.69, 9.17) is 14.5 Å². The first-order chi connectivity index (χ1) is 14.1. The Balaban J connectivity index is 1.83. The quantitative estimate of drug-likeness (QED) is 0.436. The van der Waals surface area contributed by atoms with Crippen molar-refractivity contribution >= 4 is 11.6 Å². The first-order valence-corrected chi connectivity index (χ1v) is 11.1. The van der Waals surface area contributed by atoms with Gasteiger partial charge in [-0.25, -0.2) is 0 Å². The fourth-order valence-corrected chi connectivity index (χ4v) is 3.74. The molecular weight excluding hydrogens is 364 g/mol. The van der Waals surface area contributed by atoms with Gasteiger partial charge < -0.3 is 25.0 Å². The van der Waals surface area contributed by atoms with E-state index in [0.29, 0.717) is 17.9 Å². The van der Waals surface area contributed by atoms with Crippen LogP contribution in [0.15, 0.2) is 29.3 Å². The van der Waals surface area contributed by atoms with Gasteiger partial charge >= 0.3 is 0 Å². The lowest BCUT2D eigenvalue weighted by Gasteiger charge is -2.21. The van der Waals surface area contributed by atoms with Crippen LogP contribution in [0.4, 0.5) is 5.69 Å². The van der Waals surface area contributed by atoms with Crippen molar-refractivity contribution in [3.05, 3.63) is 24.3 Å². The number of anilines is 1. The van der Waals surface area contributed by atoms with E-state index in [9.17, 15) is 0 Å². The Labute approximate surface area is 177 Å². The van der Waals surface area contributed by atoms with Crippen LogP contribution >= 0.6 is 0 Å². The third-order valence-electron chi connectivity index (χ3n) is 5.40. The number of hydrogen-bond donors (Lipinski definition) is 2. The predicted octanol–water partition coefficient (Wildman–Crippen LogP) is 3.53. The molecule has 164 valence electrons. The summed E-state index contributed by atoms with van der Waals surface area (Å²) in [4.78, 5) is 7.28. The van der Waals surface area contributed by atoms with Crippen molar-refractivity contribution in [2.24, 2.45) is 16.8 Å². The summed E-state index contributed by atoms with van der Waals surface area (Å²) in [6.45, 7) is 14.1. The van der Waals surface area contributed by atoms with E-state index in [0.717, 1.165) is 57.5 Å². The second-order valence-corrected chi connectivity index (χ2v) is 7.98. The predicted molar refractivity (Wildman–Crippen MR) is 122 cm³/mol. The number of hydrogen-bond acceptors (Lipinski definition) is 4. The van der Waals surface area contributed by atoms with Crippen molar-refractivity contribution in [3.8, 4) is 5.75 Å². The minimum Gasteiger partial charge on any atom is -0.497 e. The summed E-state index contributed by atoms with van der Waals surface area (Å²) in [7, 11) is 1.72. The maximum atomic E-state index is 5.84. The molecule has 0 amide bonds. The normalized spacial score (nSPS) is 18.2. The van der Waals surface area contributed by atoms with Gasteiger partial charge in [0, 0.05) is 51.1 Å². The van der Waals surface area contributed by atoms with Crippen LogP contribution in [-0.2, 0) is 4.74 Å². The van der Waals surface area contributed by atoms with E-state index >= 15 is 0 Å². The molecule has 2 atom stereocenters. The molecule has 0 radical (unpaired) electrons. The Morgan fingerprint density at radius 1 is 1.28 bits per heavy atom. The van der Waals surface area contributed by atoms with Crippen molar-refractivity contribution in [3.63, 3.8) is 0 Å². The highest BCUT2D eigenvalue weighted by Gasteiger charge is 2.23. The monoisotopic (exact) mass is 404 g/mol. The second-order valence-electron chi connectivity index (χ2n) is 7.98. The van der Waals surface area contributed by atoms with Crippen molar-refractivity contribution < 1.29 is 9.47 Å². The van der Waals surface area contributed by atoms with E-state index < -0.39 is 0 Å². The zero-order valence-corrected chi connectivity index (χ0v) is 18.9. The average molecular weight is 405 g/mol. The molecule has 6 heteroatoms. The van der Waals surface area contributed by atoms with Gasteiger partial charge in [0.05, 0.1) is 13.2 Å². The Hall–Kier alpha value is -1.95. The molecule has 0 saturated carbocycles. The van der Waals surface area contributed by atoms with E-state index in [-0.39, 0.29) is 0 Å². The van der Waals surface area contributed by atoms with Crippen LogP contribution < -0.4 is 20.3 Å². The van der Waals surface area contributed by atoms with Gasteiger partial charge in [-0.2, -0.15) is 0 Å². The molecule has 1 fully saturated rings. The smallest absolute Gasteiger partial charge is 0.191 e. The second kappa shape index (κ2) is 12.6. The minimum absolute atomic E-state index is 0.293. The highest BCUT2D eigenvalue weighted by atomic mass is 16.5. The molecule has 29 heavy (non-hydrogen) atoms. The SMILES string of the molecule is CCNC(=NCC1CCN(c2cccc(OC)c2)C1)NCCC(OCC)C(C)C. The fraction of sp³-hybridized carbons (Fsp3) is 0.696. The Morgan fingerprint density at radius 2 is 2.10 bits per heavy atom. The van der Waals surface area contributed by atoms with Gasteiger partial charge in [0.2, 0.25) is 0 Å². The van der Waals surface area contributed by atoms with Gasteiger partial charge in [-0.1, -0.05) is 19.9 Å². The summed E-state index contributed by atoms with van der Waals surface area (Å²) in [6.07, 6.45) is 2.45. The fourth-order valence-electron chi connectivity index (χ4n) is 3.74. The third-order valence-corrected chi connectivity index (χ3v) is 5.40. The van der Waals surface area contributed by atoms with Crippen molar-refractivity contribution in [2.45, 2.75) is 46.6 Å². The molecule has 1 aromatic carbocycles. The van der Waals surface area contributed by atoms with Crippen molar-refractivity contribution in [2.75, 3.05) is 51.3 Å². The summed E-state index contributed by atoms with van der Waals surface area (Å²) in [6, 6.07) is 8.31.